The summed E-state index contributed by atoms with van der Waals surface area (Å²) in [6.07, 6.45) is 0. The van der Waals surface area contributed by atoms with E-state index in [1.807, 2.05) is 43.3 Å². The van der Waals surface area contributed by atoms with Crippen LogP contribution in [0.25, 0.3) is 0 Å². The van der Waals surface area contributed by atoms with Gasteiger partial charge in [-0.05, 0) is 48.4 Å². The van der Waals surface area contributed by atoms with Crippen molar-refractivity contribution in [2.24, 2.45) is 5.73 Å². The third-order valence-corrected chi connectivity index (χ3v) is 3.68. The second kappa shape index (κ2) is 7.24. The van der Waals surface area contributed by atoms with Crippen LogP contribution in [0.1, 0.15) is 11.1 Å². The smallest absolute Gasteiger partial charge is 0.262 e. The Bertz CT molecular complexity index is 644. The summed E-state index contributed by atoms with van der Waals surface area (Å²) in [5, 5.41) is 2.80. The molecule has 0 bridgehead atoms. The van der Waals surface area contributed by atoms with E-state index in [2.05, 4.69) is 21.2 Å². The van der Waals surface area contributed by atoms with Crippen LogP contribution in [0.3, 0.4) is 0 Å². The zero-order valence-electron chi connectivity index (χ0n) is 11.7. The van der Waals surface area contributed by atoms with Crippen molar-refractivity contribution in [3.05, 3.63) is 58.1 Å². The molecule has 0 aliphatic heterocycles. The average molecular weight is 349 g/mol. The lowest BCUT2D eigenvalue weighted by Gasteiger charge is -2.09. The molecule has 2 aromatic rings. The molecular weight excluding hydrogens is 332 g/mol. The van der Waals surface area contributed by atoms with Gasteiger partial charge in [0.2, 0.25) is 0 Å². The molecule has 0 unspecified atom stereocenters. The first-order chi connectivity index (χ1) is 10.1. The van der Waals surface area contributed by atoms with E-state index in [1.165, 1.54) is 0 Å². The molecule has 3 N–H and O–H groups in total. The molecular formula is C16H17BrN2O2. The van der Waals surface area contributed by atoms with Crippen molar-refractivity contribution in [1.82, 2.24) is 0 Å². The van der Waals surface area contributed by atoms with E-state index < -0.39 is 0 Å². The van der Waals surface area contributed by atoms with E-state index in [9.17, 15) is 4.79 Å². The summed E-state index contributed by atoms with van der Waals surface area (Å²) < 4.78 is 6.41. The molecule has 0 atom stereocenters. The fourth-order valence-electron chi connectivity index (χ4n) is 1.87. The van der Waals surface area contributed by atoms with Crippen LogP contribution in [0.4, 0.5) is 5.69 Å². The number of amides is 1. The molecule has 4 nitrogen and oxygen atoms in total. The molecule has 1 amide bonds. The summed E-state index contributed by atoms with van der Waals surface area (Å²) in [5.41, 5.74) is 8.42. The molecule has 0 aromatic heterocycles. The quantitative estimate of drug-likeness (QED) is 0.871. The molecule has 0 radical (unpaired) electrons. The van der Waals surface area contributed by atoms with Crippen LogP contribution >= 0.6 is 15.9 Å². The predicted molar refractivity (Wildman–Crippen MR) is 87.3 cm³/mol. The third kappa shape index (κ3) is 4.58. The molecule has 0 aliphatic carbocycles. The lowest BCUT2D eigenvalue weighted by molar-refractivity contribution is -0.118. The summed E-state index contributed by atoms with van der Waals surface area (Å²) in [6, 6.07) is 13.1. The van der Waals surface area contributed by atoms with Gasteiger partial charge in [0.15, 0.2) is 6.61 Å². The van der Waals surface area contributed by atoms with Crippen molar-refractivity contribution >= 4 is 27.5 Å². The first kappa shape index (κ1) is 15.5. The first-order valence-corrected chi connectivity index (χ1v) is 7.35. The predicted octanol–water partition coefficient (Wildman–Crippen LogP) is 3.23. The maximum absolute atomic E-state index is 11.8. The minimum atomic E-state index is -0.196. The lowest BCUT2D eigenvalue weighted by atomic mass is 10.2. The van der Waals surface area contributed by atoms with Gasteiger partial charge in [-0.2, -0.15) is 0 Å². The molecule has 0 aliphatic rings. The van der Waals surface area contributed by atoms with E-state index >= 15 is 0 Å². The highest BCUT2D eigenvalue weighted by Crippen LogP contribution is 2.22. The van der Waals surface area contributed by atoms with Crippen LogP contribution in [0.5, 0.6) is 5.75 Å². The molecule has 0 heterocycles. The Morgan fingerprint density at radius 3 is 2.81 bits per heavy atom. The highest BCUT2D eigenvalue weighted by molar-refractivity contribution is 9.10. The Labute approximate surface area is 132 Å². The number of hydrogen-bond acceptors (Lipinski definition) is 3. The number of nitrogens with one attached hydrogen (secondary N) is 1. The second-order valence-electron chi connectivity index (χ2n) is 4.66. The SMILES string of the molecule is Cc1cccc(NC(=O)COc2ccc(Br)c(CN)c2)c1. The number of nitrogens with two attached hydrogens (primary N) is 1. The van der Waals surface area contributed by atoms with Crippen molar-refractivity contribution in [3.63, 3.8) is 0 Å². The van der Waals surface area contributed by atoms with Gasteiger partial charge in [0.25, 0.3) is 5.91 Å². The van der Waals surface area contributed by atoms with Gasteiger partial charge in [-0.1, -0.05) is 28.1 Å². The van der Waals surface area contributed by atoms with E-state index in [1.54, 1.807) is 6.07 Å². The Morgan fingerprint density at radius 2 is 2.10 bits per heavy atom. The number of halogens is 1. The van der Waals surface area contributed by atoms with E-state index in [0.29, 0.717) is 12.3 Å². The second-order valence-corrected chi connectivity index (χ2v) is 5.52. The number of ether oxygens (including phenoxy) is 1. The van der Waals surface area contributed by atoms with Gasteiger partial charge < -0.3 is 15.8 Å². The Balaban J connectivity index is 1.92. The molecule has 2 rings (SSSR count). The maximum atomic E-state index is 11.8. The molecule has 0 saturated carbocycles. The maximum Gasteiger partial charge on any atom is 0.262 e. The molecule has 0 saturated heterocycles. The van der Waals surface area contributed by atoms with Crippen molar-refractivity contribution in [1.29, 1.82) is 0 Å². The number of anilines is 1. The largest absolute Gasteiger partial charge is 0.484 e. The normalized spacial score (nSPS) is 10.2. The van der Waals surface area contributed by atoms with Gasteiger partial charge in [0.1, 0.15) is 5.75 Å². The summed E-state index contributed by atoms with van der Waals surface area (Å²) in [4.78, 5) is 11.8. The first-order valence-electron chi connectivity index (χ1n) is 6.56. The molecule has 21 heavy (non-hydrogen) atoms. The van der Waals surface area contributed by atoms with E-state index in [4.69, 9.17) is 10.5 Å². The van der Waals surface area contributed by atoms with Crippen LogP contribution < -0.4 is 15.8 Å². The van der Waals surface area contributed by atoms with Gasteiger partial charge in [-0.15, -0.1) is 0 Å². The van der Waals surface area contributed by atoms with E-state index in [0.717, 1.165) is 21.3 Å². The van der Waals surface area contributed by atoms with Crippen molar-refractivity contribution in [2.75, 3.05) is 11.9 Å². The average Bonchev–Trinajstić information content (AvgIpc) is 2.46. The van der Waals surface area contributed by atoms with Gasteiger partial charge in [-0.25, -0.2) is 0 Å². The minimum absolute atomic E-state index is 0.0421. The summed E-state index contributed by atoms with van der Waals surface area (Å²) in [5.74, 6) is 0.427. The number of carbonyl (C=O) groups is 1. The van der Waals surface area contributed by atoms with Crippen LogP contribution in [0.2, 0.25) is 0 Å². The number of carbonyl (C=O) groups excluding carboxylic acids is 1. The minimum Gasteiger partial charge on any atom is -0.484 e. The summed E-state index contributed by atoms with van der Waals surface area (Å²) in [6.45, 7) is 2.34. The fourth-order valence-corrected chi connectivity index (χ4v) is 2.27. The summed E-state index contributed by atoms with van der Waals surface area (Å²) in [7, 11) is 0. The number of aryl methyl sites for hydroxylation is 1. The fraction of sp³-hybridized carbons (Fsp3) is 0.188. The van der Waals surface area contributed by atoms with Crippen molar-refractivity contribution in [2.45, 2.75) is 13.5 Å². The Hall–Kier alpha value is -1.85. The van der Waals surface area contributed by atoms with Crippen molar-refractivity contribution < 1.29 is 9.53 Å². The number of benzene rings is 2. The van der Waals surface area contributed by atoms with Gasteiger partial charge in [0, 0.05) is 16.7 Å². The monoisotopic (exact) mass is 348 g/mol. The highest BCUT2D eigenvalue weighted by atomic mass is 79.9. The number of rotatable bonds is 5. The molecule has 5 heteroatoms. The highest BCUT2D eigenvalue weighted by Gasteiger charge is 2.05. The van der Waals surface area contributed by atoms with E-state index in [-0.39, 0.29) is 12.5 Å². The van der Waals surface area contributed by atoms with Gasteiger partial charge in [-0.3, -0.25) is 4.79 Å². The Morgan fingerprint density at radius 1 is 1.29 bits per heavy atom. The number of hydrogen-bond donors (Lipinski definition) is 2. The molecule has 0 fully saturated rings. The van der Waals surface area contributed by atoms with Crippen LogP contribution in [-0.2, 0) is 11.3 Å². The lowest BCUT2D eigenvalue weighted by Crippen LogP contribution is -2.20. The van der Waals surface area contributed by atoms with Crippen LogP contribution in [0, 0.1) is 6.92 Å². The topological polar surface area (TPSA) is 64.3 Å². The zero-order valence-corrected chi connectivity index (χ0v) is 13.3. The van der Waals surface area contributed by atoms with Crippen molar-refractivity contribution in [3.8, 4) is 5.75 Å². The van der Waals surface area contributed by atoms with Crippen LogP contribution in [-0.4, -0.2) is 12.5 Å². The van der Waals surface area contributed by atoms with Crippen LogP contribution in [0.15, 0.2) is 46.9 Å². The molecule has 2 aromatic carbocycles. The van der Waals surface area contributed by atoms with Gasteiger partial charge >= 0.3 is 0 Å². The third-order valence-electron chi connectivity index (χ3n) is 2.91. The van der Waals surface area contributed by atoms with Gasteiger partial charge in [0.05, 0.1) is 0 Å². The summed E-state index contributed by atoms with van der Waals surface area (Å²) >= 11 is 3.41. The standard InChI is InChI=1S/C16H17BrN2O2/c1-11-3-2-4-13(7-11)19-16(20)10-21-14-5-6-15(17)12(8-14)9-18/h2-8H,9-10,18H2,1H3,(H,19,20). The molecule has 110 valence electrons. The molecule has 0 spiro atoms. The Kier molecular flexibility index (Phi) is 5.36. The zero-order chi connectivity index (χ0) is 15.2.